The van der Waals surface area contributed by atoms with Gasteiger partial charge in [0.2, 0.25) is 5.91 Å². The number of carbonyl (C=O) groups is 1. The molecule has 0 saturated carbocycles. The predicted molar refractivity (Wildman–Crippen MR) is 92.0 cm³/mol. The quantitative estimate of drug-likeness (QED) is 0.609. The van der Waals surface area contributed by atoms with Crippen LogP contribution in [0.5, 0.6) is 0 Å². The van der Waals surface area contributed by atoms with E-state index in [-0.39, 0.29) is 36.5 Å². The molecule has 2 rings (SSSR count). The fraction of sp³-hybridized carbons (Fsp3) is 0.562. The maximum Gasteiger partial charge on any atom is 0.269 e. The summed E-state index contributed by atoms with van der Waals surface area (Å²) in [5.41, 5.74) is 0.738. The average molecular weight is 342 g/mol. The van der Waals surface area contributed by atoms with Gasteiger partial charge in [0, 0.05) is 31.3 Å². The van der Waals surface area contributed by atoms with Gasteiger partial charge in [0.1, 0.15) is 0 Å². The number of hydrogen-bond donors (Lipinski definition) is 0. The molecule has 23 heavy (non-hydrogen) atoms. The van der Waals surface area contributed by atoms with Crippen LogP contribution in [0.15, 0.2) is 24.3 Å². The van der Waals surface area contributed by atoms with Crippen LogP contribution in [0.4, 0.5) is 5.69 Å². The van der Waals surface area contributed by atoms with Gasteiger partial charge in [-0.25, -0.2) is 0 Å². The summed E-state index contributed by atoms with van der Waals surface area (Å²) in [5.74, 6) is 0.0621. The number of hydrogen-bond acceptors (Lipinski definition) is 4. The molecule has 1 unspecified atom stereocenters. The first-order valence-electron chi connectivity index (χ1n) is 7.65. The van der Waals surface area contributed by atoms with E-state index in [9.17, 15) is 14.9 Å². The Morgan fingerprint density at radius 2 is 2.13 bits per heavy atom. The Morgan fingerprint density at radius 1 is 1.39 bits per heavy atom. The Balaban J connectivity index is 0.00000264. The molecule has 0 aliphatic carbocycles. The fourth-order valence-electron chi connectivity index (χ4n) is 3.00. The minimum absolute atomic E-state index is 0. The number of halogens is 1. The number of rotatable bonds is 5. The molecular formula is C16H24ClN3O3. The van der Waals surface area contributed by atoms with Gasteiger partial charge in [-0.1, -0.05) is 12.1 Å². The van der Waals surface area contributed by atoms with Crippen molar-refractivity contribution in [3.8, 4) is 0 Å². The van der Waals surface area contributed by atoms with Gasteiger partial charge in [0.15, 0.2) is 0 Å². The van der Waals surface area contributed by atoms with Crippen molar-refractivity contribution in [1.82, 2.24) is 9.80 Å². The predicted octanol–water partition coefficient (Wildman–Crippen LogP) is 2.50. The third-order valence-corrected chi connectivity index (χ3v) is 4.00. The highest BCUT2D eigenvalue weighted by atomic mass is 35.5. The molecule has 1 aliphatic heterocycles. The number of amides is 1. The van der Waals surface area contributed by atoms with Gasteiger partial charge in [-0.15, -0.1) is 12.4 Å². The van der Waals surface area contributed by atoms with Crippen molar-refractivity contribution in [2.45, 2.75) is 31.7 Å². The third kappa shape index (κ3) is 5.48. The fourth-order valence-corrected chi connectivity index (χ4v) is 3.00. The van der Waals surface area contributed by atoms with Crippen LogP contribution in [0.3, 0.4) is 0 Å². The van der Waals surface area contributed by atoms with Crippen LogP contribution in [0.25, 0.3) is 0 Å². The summed E-state index contributed by atoms with van der Waals surface area (Å²) in [7, 11) is 4.02. The number of carbonyl (C=O) groups excluding carboxylic acids is 1. The van der Waals surface area contributed by atoms with Gasteiger partial charge in [-0.2, -0.15) is 0 Å². The van der Waals surface area contributed by atoms with Gasteiger partial charge in [0.05, 0.1) is 11.3 Å². The monoisotopic (exact) mass is 341 g/mol. The molecule has 1 aliphatic rings. The van der Waals surface area contributed by atoms with Gasteiger partial charge in [-0.05, 0) is 38.9 Å². The third-order valence-electron chi connectivity index (χ3n) is 4.00. The van der Waals surface area contributed by atoms with Crippen LogP contribution in [0.1, 0.15) is 24.8 Å². The summed E-state index contributed by atoms with van der Waals surface area (Å²) < 4.78 is 0. The Hall–Kier alpha value is -1.66. The molecule has 0 N–H and O–H groups in total. The normalized spacial score (nSPS) is 17.7. The second-order valence-electron chi connectivity index (χ2n) is 6.10. The number of non-ortho nitro benzene ring substituents is 1. The molecule has 1 saturated heterocycles. The minimum Gasteiger partial charge on any atom is -0.338 e. The summed E-state index contributed by atoms with van der Waals surface area (Å²) in [6, 6.07) is 6.59. The molecule has 1 amide bonds. The number of nitro groups is 1. The largest absolute Gasteiger partial charge is 0.338 e. The maximum atomic E-state index is 12.6. The topological polar surface area (TPSA) is 66.7 Å². The van der Waals surface area contributed by atoms with E-state index >= 15 is 0 Å². The number of likely N-dealkylation sites (tertiary alicyclic amines) is 1. The summed E-state index contributed by atoms with van der Waals surface area (Å²) in [5, 5.41) is 10.8. The standard InChI is InChI=1S/C16H23N3O3.ClH/c1-17(2)12-15-7-3-4-9-18(15)16(20)11-13-6-5-8-14(10-13)19(21)22;/h5-6,8,10,15H,3-4,7,9,11-12H2,1-2H3;1H. The van der Waals surface area contributed by atoms with E-state index in [2.05, 4.69) is 4.90 Å². The second kappa shape index (κ2) is 8.84. The molecule has 0 spiro atoms. The molecule has 1 fully saturated rings. The lowest BCUT2D eigenvalue weighted by molar-refractivity contribution is -0.384. The lowest BCUT2D eigenvalue weighted by Crippen LogP contribution is -2.48. The molecular weight excluding hydrogens is 318 g/mol. The Kier molecular flexibility index (Phi) is 7.45. The second-order valence-corrected chi connectivity index (χ2v) is 6.10. The van der Waals surface area contributed by atoms with Crippen molar-refractivity contribution in [2.24, 2.45) is 0 Å². The van der Waals surface area contributed by atoms with Crippen molar-refractivity contribution in [3.63, 3.8) is 0 Å². The van der Waals surface area contributed by atoms with Crippen LogP contribution < -0.4 is 0 Å². The molecule has 6 nitrogen and oxygen atoms in total. The molecule has 1 heterocycles. The lowest BCUT2D eigenvalue weighted by Gasteiger charge is -2.37. The molecule has 1 atom stereocenters. The average Bonchev–Trinajstić information content (AvgIpc) is 2.47. The Bertz CT molecular complexity index is 551. The van der Waals surface area contributed by atoms with Crippen molar-refractivity contribution < 1.29 is 9.72 Å². The van der Waals surface area contributed by atoms with E-state index in [0.717, 1.165) is 32.4 Å². The minimum atomic E-state index is -0.427. The first-order valence-corrected chi connectivity index (χ1v) is 7.65. The van der Waals surface area contributed by atoms with Crippen LogP contribution >= 0.6 is 12.4 Å². The number of likely N-dealkylation sites (N-methyl/N-ethyl adjacent to an activating group) is 1. The first kappa shape index (κ1) is 19.4. The van der Waals surface area contributed by atoms with Crippen LogP contribution in [-0.2, 0) is 11.2 Å². The van der Waals surface area contributed by atoms with Crippen molar-refractivity contribution in [2.75, 3.05) is 27.2 Å². The zero-order valence-electron chi connectivity index (χ0n) is 13.6. The van der Waals surface area contributed by atoms with E-state index in [4.69, 9.17) is 0 Å². The van der Waals surface area contributed by atoms with Crippen molar-refractivity contribution in [3.05, 3.63) is 39.9 Å². The molecule has 1 aromatic carbocycles. The van der Waals surface area contributed by atoms with Crippen LogP contribution in [0, 0.1) is 10.1 Å². The van der Waals surface area contributed by atoms with Crippen LogP contribution in [-0.4, -0.2) is 53.9 Å². The van der Waals surface area contributed by atoms with Gasteiger partial charge in [-0.3, -0.25) is 14.9 Å². The van der Waals surface area contributed by atoms with Gasteiger partial charge < -0.3 is 9.80 Å². The summed E-state index contributed by atoms with van der Waals surface area (Å²) >= 11 is 0. The van der Waals surface area contributed by atoms with Gasteiger partial charge >= 0.3 is 0 Å². The molecule has 0 aromatic heterocycles. The zero-order chi connectivity index (χ0) is 16.1. The van der Waals surface area contributed by atoms with E-state index in [1.807, 2.05) is 19.0 Å². The Labute approximate surface area is 143 Å². The SMILES string of the molecule is CN(C)CC1CCCCN1C(=O)Cc1cccc([N+](=O)[O-])c1.Cl. The van der Waals surface area contributed by atoms with Crippen molar-refractivity contribution >= 4 is 24.0 Å². The van der Waals surface area contributed by atoms with E-state index in [1.54, 1.807) is 12.1 Å². The molecule has 7 heteroatoms. The first-order chi connectivity index (χ1) is 10.5. The highest BCUT2D eigenvalue weighted by Crippen LogP contribution is 2.20. The zero-order valence-corrected chi connectivity index (χ0v) is 14.4. The molecule has 128 valence electrons. The van der Waals surface area contributed by atoms with Crippen molar-refractivity contribution in [1.29, 1.82) is 0 Å². The summed E-state index contributed by atoms with van der Waals surface area (Å²) in [4.78, 5) is 27.0. The molecule has 0 radical (unpaired) electrons. The maximum absolute atomic E-state index is 12.6. The van der Waals surface area contributed by atoms with E-state index in [0.29, 0.717) is 5.56 Å². The molecule has 0 bridgehead atoms. The number of piperidine rings is 1. The van der Waals surface area contributed by atoms with Crippen LogP contribution in [0.2, 0.25) is 0 Å². The number of nitro benzene ring substituents is 1. The summed E-state index contributed by atoms with van der Waals surface area (Å²) in [6.45, 7) is 1.65. The highest BCUT2D eigenvalue weighted by molar-refractivity contribution is 5.85. The lowest BCUT2D eigenvalue weighted by atomic mass is 10.00. The number of nitrogens with zero attached hydrogens (tertiary/aromatic N) is 3. The molecule has 1 aromatic rings. The van der Waals surface area contributed by atoms with E-state index < -0.39 is 4.92 Å². The van der Waals surface area contributed by atoms with E-state index in [1.165, 1.54) is 12.1 Å². The number of benzene rings is 1. The smallest absolute Gasteiger partial charge is 0.269 e. The summed E-state index contributed by atoms with van der Waals surface area (Å²) in [6.07, 6.45) is 3.44. The highest BCUT2D eigenvalue weighted by Gasteiger charge is 2.27. The Morgan fingerprint density at radius 3 is 2.78 bits per heavy atom. The van der Waals surface area contributed by atoms with Gasteiger partial charge in [0.25, 0.3) is 5.69 Å².